The van der Waals surface area contributed by atoms with E-state index < -0.39 is 17.8 Å². The number of nitrogen functional groups attached to an aromatic ring is 1. The number of hydrogen-bond donors (Lipinski definition) is 1. The van der Waals surface area contributed by atoms with Gasteiger partial charge in [0, 0.05) is 24.5 Å². The monoisotopic (exact) mass is 427 g/mol. The van der Waals surface area contributed by atoms with Gasteiger partial charge in [0.15, 0.2) is 0 Å². The van der Waals surface area contributed by atoms with Gasteiger partial charge in [-0.2, -0.15) is 13.2 Å². The number of alkyl halides is 3. The number of nitrogens with two attached hydrogens (primary N) is 1. The van der Waals surface area contributed by atoms with Crippen molar-refractivity contribution in [3.05, 3.63) is 71.8 Å². The van der Waals surface area contributed by atoms with Crippen molar-refractivity contribution in [1.29, 1.82) is 0 Å². The highest BCUT2D eigenvalue weighted by molar-refractivity contribution is 5.92. The number of amides is 1. The zero-order valence-electron chi connectivity index (χ0n) is 16.5. The number of anilines is 1. The quantitative estimate of drug-likeness (QED) is 0.665. The number of hydrogen-bond acceptors (Lipinski definition) is 5. The lowest BCUT2D eigenvalue weighted by atomic mass is 9.93. The van der Waals surface area contributed by atoms with Gasteiger partial charge in [0.2, 0.25) is 5.95 Å². The van der Waals surface area contributed by atoms with Crippen LogP contribution in [0.1, 0.15) is 47.1 Å². The topological polar surface area (TPSA) is 85.0 Å². The van der Waals surface area contributed by atoms with E-state index in [0.29, 0.717) is 35.5 Å². The zero-order valence-corrected chi connectivity index (χ0v) is 16.5. The van der Waals surface area contributed by atoms with Crippen LogP contribution in [0.15, 0.2) is 54.9 Å². The van der Waals surface area contributed by atoms with E-state index in [0.717, 1.165) is 25.0 Å². The average Bonchev–Trinajstić information content (AvgIpc) is 2.78. The Morgan fingerprint density at radius 2 is 1.94 bits per heavy atom. The second-order valence-electron chi connectivity index (χ2n) is 7.33. The summed E-state index contributed by atoms with van der Waals surface area (Å²) in [5, 5.41) is 0. The lowest BCUT2D eigenvalue weighted by Crippen LogP contribution is -2.39. The van der Waals surface area contributed by atoms with Crippen LogP contribution in [0.2, 0.25) is 0 Å². The first-order valence-electron chi connectivity index (χ1n) is 9.86. The second kappa shape index (κ2) is 8.33. The number of carbonyl (C=O) groups excluding carboxylic acids is 1. The highest BCUT2D eigenvalue weighted by Gasteiger charge is 2.34. The molecule has 2 N–H and O–H groups in total. The molecule has 1 fully saturated rings. The molecule has 3 aromatic rings. The number of likely N-dealkylation sites (tertiary alicyclic amines) is 1. The van der Waals surface area contributed by atoms with Crippen molar-refractivity contribution < 1.29 is 18.0 Å². The number of benzene rings is 1. The van der Waals surface area contributed by atoms with Crippen LogP contribution < -0.4 is 5.73 Å². The Labute approximate surface area is 177 Å². The third-order valence-corrected chi connectivity index (χ3v) is 5.30. The average molecular weight is 427 g/mol. The lowest BCUT2D eigenvalue weighted by molar-refractivity contribution is -0.137. The molecule has 1 unspecified atom stereocenters. The van der Waals surface area contributed by atoms with Gasteiger partial charge in [-0.25, -0.2) is 9.97 Å². The SMILES string of the molecule is Nc1ncc(-c2cccc(C(F)(F)F)c2)c(C2CCCCN2C(=O)c2ccccn2)n1. The number of halogens is 3. The highest BCUT2D eigenvalue weighted by Crippen LogP contribution is 2.38. The zero-order chi connectivity index (χ0) is 22.0. The third kappa shape index (κ3) is 4.35. The number of nitrogens with zero attached hydrogens (tertiary/aromatic N) is 4. The largest absolute Gasteiger partial charge is 0.416 e. The molecule has 0 spiro atoms. The van der Waals surface area contributed by atoms with E-state index in [1.165, 1.54) is 12.3 Å². The maximum atomic E-state index is 13.2. The van der Waals surface area contributed by atoms with Gasteiger partial charge >= 0.3 is 6.18 Å². The third-order valence-electron chi connectivity index (χ3n) is 5.30. The molecular formula is C22H20F3N5O. The van der Waals surface area contributed by atoms with E-state index in [-0.39, 0.29) is 11.9 Å². The fourth-order valence-electron chi connectivity index (χ4n) is 3.84. The van der Waals surface area contributed by atoms with Crippen molar-refractivity contribution in [1.82, 2.24) is 19.9 Å². The van der Waals surface area contributed by atoms with E-state index in [2.05, 4.69) is 15.0 Å². The number of piperidine rings is 1. The van der Waals surface area contributed by atoms with Crippen LogP contribution in [0.3, 0.4) is 0 Å². The fraction of sp³-hybridized carbons (Fsp3) is 0.273. The predicted molar refractivity (Wildman–Crippen MR) is 109 cm³/mol. The Balaban J connectivity index is 1.78. The Bertz CT molecular complexity index is 1090. The molecule has 1 amide bonds. The van der Waals surface area contributed by atoms with Gasteiger partial charge in [-0.05, 0) is 49.1 Å². The molecule has 0 saturated carbocycles. The molecule has 4 rings (SSSR count). The van der Waals surface area contributed by atoms with Gasteiger partial charge in [0.05, 0.1) is 17.3 Å². The summed E-state index contributed by atoms with van der Waals surface area (Å²) in [4.78, 5) is 27.3. The molecule has 1 saturated heterocycles. The smallest absolute Gasteiger partial charge is 0.368 e. The summed E-state index contributed by atoms with van der Waals surface area (Å²) < 4.78 is 39.7. The van der Waals surface area contributed by atoms with E-state index in [9.17, 15) is 18.0 Å². The van der Waals surface area contributed by atoms with Crippen molar-refractivity contribution in [2.75, 3.05) is 12.3 Å². The van der Waals surface area contributed by atoms with Gasteiger partial charge in [-0.3, -0.25) is 9.78 Å². The standard InChI is InChI=1S/C22H20F3N5O/c23-22(24,25)15-7-5-6-14(12-15)16-13-28-21(26)29-19(16)18-9-2-4-11-30(18)20(31)17-8-1-3-10-27-17/h1,3,5-8,10,12-13,18H,2,4,9,11H2,(H2,26,28,29). The molecule has 9 heteroatoms. The van der Waals surface area contributed by atoms with Gasteiger partial charge in [0.25, 0.3) is 5.91 Å². The van der Waals surface area contributed by atoms with Crippen molar-refractivity contribution >= 4 is 11.9 Å². The van der Waals surface area contributed by atoms with Crippen LogP contribution in [0.4, 0.5) is 19.1 Å². The summed E-state index contributed by atoms with van der Waals surface area (Å²) in [6, 6.07) is 9.63. The molecule has 6 nitrogen and oxygen atoms in total. The minimum atomic E-state index is -4.48. The second-order valence-corrected chi connectivity index (χ2v) is 7.33. The van der Waals surface area contributed by atoms with Crippen LogP contribution in [-0.2, 0) is 6.18 Å². The van der Waals surface area contributed by atoms with Gasteiger partial charge in [0.1, 0.15) is 5.69 Å². The number of aromatic nitrogens is 3. The summed E-state index contributed by atoms with van der Waals surface area (Å²) in [6.45, 7) is 0.492. The highest BCUT2D eigenvalue weighted by atomic mass is 19.4. The van der Waals surface area contributed by atoms with Crippen molar-refractivity contribution in [2.45, 2.75) is 31.5 Å². The summed E-state index contributed by atoms with van der Waals surface area (Å²) in [6.07, 6.45) is 0.767. The van der Waals surface area contributed by atoms with Gasteiger partial charge in [-0.1, -0.05) is 18.2 Å². The molecule has 0 radical (unpaired) electrons. The molecule has 1 atom stereocenters. The summed E-state index contributed by atoms with van der Waals surface area (Å²) in [7, 11) is 0. The Hall–Kier alpha value is -3.49. The van der Waals surface area contributed by atoms with Crippen LogP contribution in [0.5, 0.6) is 0 Å². The van der Waals surface area contributed by atoms with E-state index in [1.807, 2.05) is 0 Å². The van der Waals surface area contributed by atoms with Gasteiger partial charge in [-0.15, -0.1) is 0 Å². The van der Waals surface area contributed by atoms with Crippen LogP contribution in [0, 0.1) is 0 Å². The maximum Gasteiger partial charge on any atom is 0.416 e. The molecule has 31 heavy (non-hydrogen) atoms. The Morgan fingerprint density at radius 1 is 1.10 bits per heavy atom. The first-order valence-corrected chi connectivity index (χ1v) is 9.86. The van der Waals surface area contributed by atoms with Gasteiger partial charge < -0.3 is 10.6 Å². The maximum absolute atomic E-state index is 13.2. The molecule has 0 bridgehead atoms. The fourth-order valence-corrected chi connectivity index (χ4v) is 3.84. The Kier molecular flexibility index (Phi) is 5.58. The van der Waals surface area contributed by atoms with E-state index in [4.69, 9.17) is 5.73 Å². The molecule has 2 aromatic heterocycles. The normalized spacial score (nSPS) is 16.9. The molecule has 160 valence electrons. The molecule has 1 aliphatic rings. The summed E-state index contributed by atoms with van der Waals surface area (Å²) in [5.74, 6) is -0.251. The minimum absolute atomic E-state index is 0.00142. The van der Waals surface area contributed by atoms with Crippen LogP contribution >= 0.6 is 0 Å². The number of pyridine rings is 1. The summed E-state index contributed by atoms with van der Waals surface area (Å²) >= 11 is 0. The number of carbonyl (C=O) groups is 1. The molecular weight excluding hydrogens is 407 g/mol. The summed E-state index contributed by atoms with van der Waals surface area (Å²) in [5.41, 5.74) is 6.55. The molecule has 3 heterocycles. The first-order chi connectivity index (χ1) is 14.8. The van der Waals surface area contributed by atoms with Crippen LogP contribution in [-0.4, -0.2) is 32.3 Å². The van der Waals surface area contributed by atoms with Crippen molar-refractivity contribution in [2.24, 2.45) is 0 Å². The van der Waals surface area contributed by atoms with Crippen molar-refractivity contribution in [3.8, 4) is 11.1 Å². The first kappa shape index (κ1) is 20.8. The lowest BCUT2D eigenvalue weighted by Gasteiger charge is -2.36. The molecule has 0 aliphatic carbocycles. The predicted octanol–water partition coefficient (Wildman–Crippen LogP) is 4.51. The Morgan fingerprint density at radius 3 is 2.68 bits per heavy atom. The number of rotatable bonds is 3. The van der Waals surface area contributed by atoms with Crippen LogP contribution in [0.25, 0.3) is 11.1 Å². The van der Waals surface area contributed by atoms with E-state index in [1.54, 1.807) is 35.4 Å². The van der Waals surface area contributed by atoms with Crippen molar-refractivity contribution in [3.63, 3.8) is 0 Å². The molecule has 1 aliphatic heterocycles. The minimum Gasteiger partial charge on any atom is -0.368 e. The molecule has 1 aromatic carbocycles. The van der Waals surface area contributed by atoms with E-state index >= 15 is 0 Å².